The predicted molar refractivity (Wildman–Crippen MR) is 157 cm³/mol. The SMILES string of the molecule is COC(=O)C(C)(C)COc1cc(C)c(-c2cnc(-c3nc(OC(C)C)n(COCC[Si](C)(C)C)n3)c(Cl)c2)cn1. The molecule has 10 nitrogen and oxygen atoms in total. The number of hydrogen-bond acceptors (Lipinski definition) is 9. The van der Waals surface area contributed by atoms with Gasteiger partial charge >= 0.3 is 12.0 Å². The van der Waals surface area contributed by atoms with Gasteiger partial charge in [0.15, 0.2) is 0 Å². The summed E-state index contributed by atoms with van der Waals surface area (Å²) in [5, 5.41) is 4.97. The molecular weight excluding hydrogens is 550 g/mol. The van der Waals surface area contributed by atoms with E-state index in [9.17, 15) is 4.79 Å². The van der Waals surface area contributed by atoms with Crippen molar-refractivity contribution >= 4 is 25.6 Å². The van der Waals surface area contributed by atoms with Crippen molar-refractivity contribution in [2.24, 2.45) is 5.41 Å². The molecule has 3 heterocycles. The second kappa shape index (κ2) is 13.1. The summed E-state index contributed by atoms with van der Waals surface area (Å²) in [5.74, 6) is 0.416. The largest absolute Gasteiger partial charge is 0.476 e. The van der Waals surface area contributed by atoms with Gasteiger partial charge in [0.1, 0.15) is 19.0 Å². The number of aryl methyl sites for hydroxylation is 1. The zero-order valence-electron chi connectivity index (χ0n) is 24.9. The maximum Gasteiger partial charge on any atom is 0.317 e. The second-order valence-corrected chi connectivity index (χ2v) is 17.8. The van der Waals surface area contributed by atoms with Crippen LogP contribution >= 0.6 is 11.6 Å². The van der Waals surface area contributed by atoms with Crippen molar-refractivity contribution in [3.05, 3.63) is 35.1 Å². The number of rotatable bonds is 13. The summed E-state index contributed by atoms with van der Waals surface area (Å²) >= 11 is 6.68. The highest BCUT2D eigenvalue weighted by atomic mass is 35.5. The molecule has 0 radical (unpaired) electrons. The second-order valence-electron chi connectivity index (χ2n) is 11.8. The normalized spacial score (nSPS) is 12.1. The molecule has 0 amide bonds. The van der Waals surface area contributed by atoms with Gasteiger partial charge in [0.25, 0.3) is 0 Å². The van der Waals surface area contributed by atoms with Crippen LogP contribution in [0.4, 0.5) is 0 Å². The van der Waals surface area contributed by atoms with Gasteiger partial charge in [-0.05, 0) is 52.3 Å². The Labute approximate surface area is 242 Å². The van der Waals surface area contributed by atoms with Crippen LogP contribution in [0.3, 0.4) is 0 Å². The molecule has 0 aliphatic carbocycles. The molecule has 0 unspecified atom stereocenters. The maximum absolute atomic E-state index is 11.9. The zero-order valence-corrected chi connectivity index (χ0v) is 26.6. The molecule has 0 bridgehead atoms. The van der Waals surface area contributed by atoms with Gasteiger partial charge in [-0.3, -0.25) is 9.78 Å². The third-order valence-corrected chi connectivity index (χ3v) is 7.95. The Morgan fingerprint density at radius 2 is 1.88 bits per heavy atom. The number of pyridine rings is 2. The Morgan fingerprint density at radius 1 is 1.15 bits per heavy atom. The molecule has 218 valence electrons. The molecular formula is C28H40ClN5O5Si. The van der Waals surface area contributed by atoms with Gasteiger partial charge in [-0.25, -0.2) is 4.98 Å². The Morgan fingerprint density at radius 3 is 2.48 bits per heavy atom. The van der Waals surface area contributed by atoms with E-state index >= 15 is 0 Å². The maximum atomic E-state index is 11.9. The average molecular weight is 590 g/mol. The third-order valence-electron chi connectivity index (χ3n) is 5.96. The van der Waals surface area contributed by atoms with Crippen LogP contribution in [0.5, 0.6) is 11.9 Å². The molecule has 0 aliphatic rings. The smallest absolute Gasteiger partial charge is 0.317 e. The Balaban J connectivity index is 1.79. The molecule has 0 N–H and O–H groups in total. The summed E-state index contributed by atoms with van der Waals surface area (Å²) in [4.78, 5) is 25.4. The fraction of sp³-hybridized carbons (Fsp3) is 0.536. The van der Waals surface area contributed by atoms with Crippen LogP contribution in [0.2, 0.25) is 30.7 Å². The summed E-state index contributed by atoms with van der Waals surface area (Å²) in [6, 6.07) is 5.02. The van der Waals surface area contributed by atoms with E-state index in [0.29, 0.717) is 35.0 Å². The van der Waals surface area contributed by atoms with Gasteiger partial charge in [0, 0.05) is 44.3 Å². The van der Waals surface area contributed by atoms with E-state index in [1.54, 1.807) is 30.9 Å². The van der Waals surface area contributed by atoms with Gasteiger partial charge in [0.05, 0.1) is 23.7 Å². The van der Waals surface area contributed by atoms with Crippen LogP contribution < -0.4 is 9.47 Å². The lowest BCUT2D eigenvalue weighted by molar-refractivity contribution is -0.152. The van der Waals surface area contributed by atoms with E-state index in [-0.39, 0.29) is 25.4 Å². The van der Waals surface area contributed by atoms with Crippen molar-refractivity contribution < 1.29 is 23.7 Å². The van der Waals surface area contributed by atoms with Crippen LogP contribution in [-0.2, 0) is 21.0 Å². The monoisotopic (exact) mass is 589 g/mol. The number of methoxy groups -OCH3 is 1. The number of carbonyl (C=O) groups excluding carboxylic acids is 1. The van der Waals surface area contributed by atoms with Gasteiger partial charge in [0.2, 0.25) is 11.7 Å². The molecule has 3 rings (SSSR count). The standard InChI is InChI=1S/C28H40ClN5O5Si/c1-18(2)39-27-32-25(33-34(27)17-37-10-11-40(7,8)9)24-22(29)13-20(14-31-24)21-15-30-23(12-19(21)3)38-16-28(4,5)26(35)36-6/h12-15,18H,10-11,16-17H2,1-9H3. The Bertz CT molecular complexity index is 1320. The molecule has 40 heavy (non-hydrogen) atoms. The molecule has 0 aliphatic heterocycles. The van der Waals surface area contributed by atoms with Crippen LogP contribution in [0, 0.1) is 12.3 Å². The number of hydrogen-bond donors (Lipinski definition) is 0. The van der Waals surface area contributed by atoms with E-state index in [1.165, 1.54) is 7.11 Å². The molecule has 0 atom stereocenters. The number of aromatic nitrogens is 5. The molecule has 0 spiro atoms. The van der Waals surface area contributed by atoms with Gasteiger partial charge in [-0.1, -0.05) is 31.2 Å². The summed E-state index contributed by atoms with van der Waals surface area (Å²) in [6.45, 7) is 17.3. The predicted octanol–water partition coefficient (Wildman–Crippen LogP) is 6.04. The molecule has 0 saturated carbocycles. The van der Waals surface area contributed by atoms with Crippen molar-refractivity contribution in [3.8, 4) is 34.5 Å². The summed E-state index contributed by atoms with van der Waals surface area (Å²) in [5.41, 5.74) is 2.19. The van der Waals surface area contributed by atoms with Crippen LogP contribution in [0.15, 0.2) is 24.5 Å². The van der Waals surface area contributed by atoms with E-state index < -0.39 is 13.5 Å². The van der Waals surface area contributed by atoms with Gasteiger partial charge < -0.3 is 18.9 Å². The Hall–Kier alpha value is -3.02. The number of halogens is 1. The van der Waals surface area contributed by atoms with Crippen molar-refractivity contribution in [2.75, 3.05) is 20.3 Å². The van der Waals surface area contributed by atoms with Gasteiger partial charge in [-0.15, -0.1) is 5.10 Å². The highest BCUT2D eigenvalue weighted by molar-refractivity contribution is 6.76. The minimum Gasteiger partial charge on any atom is -0.476 e. The summed E-state index contributed by atoms with van der Waals surface area (Å²) in [6.07, 6.45) is 3.32. The van der Waals surface area contributed by atoms with Crippen LogP contribution in [-0.4, -0.2) is 65.2 Å². The quantitative estimate of drug-likeness (QED) is 0.134. The highest BCUT2D eigenvalue weighted by Crippen LogP contribution is 2.32. The number of ether oxygens (including phenoxy) is 4. The van der Waals surface area contributed by atoms with E-state index in [0.717, 1.165) is 22.7 Å². The van der Waals surface area contributed by atoms with Crippen molar-refractivity contribution in [1.82, 2.24) is 24.7 Å². The van der Waals surface area contributed by atoms with Crippen molar-refractivity contribution in [2.45, 2.75) is 73.1 Å². The lowest BCUT2D eigenvalue weighted by atomic mass is 9.95. The van der Waals surface area contributed by atoms with E-state index in [4.69, 9.17) is 30.5 Å². The minimum absolute atomic E-state index is 0.0856. The Kier molecular flexibility index (Phi) is 10.3. The summed E-state index contributed by atoms with van der Waals surface area (Å²) < 4.78 is 23.9. The van der Waals surface area contributed by atoms with Crippen molar-refractivity contribution in [1.29, 1.82) is 0 Å². The fourth-order valence-electron chi connectivity index (χ4n) is 3.59. The van der Waals surface area contributed by atoms with Crippen LogP contribution in [0.25, 0.3) is 22.6 Å². The summed E-state index contributed by atoms with van der Waals surface area (Å²) in [7, 11) is 0.152. The molecule has 3 aromatic rings. The van der Waals surface area contributed by atoms with Crippen molar-refractivity contribution in [3.63, 3.8) is 0 Å². The lowest BCUT2D eigenvalue weighted by Gasteiger charge is -2.21. The number of carbonyl (C=O) groups is 1. The van der Waals surface area contributed by atoms with E-state index in [1.807, 2.05) is 32.9 Å². The number of esters is 1. The van der Waals surface area contributed by atoms with E-state index in [2.05, 4.69) is 39.7 Å². The van der Waals surface area contributed by atoms with Gasteiger partial charge in [-0.2, -0.15) is 9.67 Å². The average Bonchev–Trinajstić information content (AvgIpc) is 3.25. The molecule has 0 saturated heterocycles. The zero-order chi connectivity index (χ0) is 29.7. The number of nitrogens with zero attached hydrogens (tertiary/aromatic N) is 5. The first-order valence-corrected chi connectivity index (χ1v) is 17.3. The minimum atomic E-state index is -1.21. The first-order valence-electron chi connectivity index (χ1n) is 13.2. The molecule has 0 fully saturated rings. The molecule has 0 aromatic carbocycles. The van der Waals surface area contributed by atoms with Crippen LogP contribution in [0.1, 0.15) is 33.3 Å². The third kappa shape index (κ3) is 8.49. The first-order chi connectivity index (χ1) is 18.7. The first kappa shape index (κ1) is 31.5. The lowest BCUT2D eigenvalue weighted by Crippen LogP contribution is -2.32. The fourth-order valence-corrected chi connectivity index (χ4v) is 4.60. The topological polar surface area (TPSA) is 110 Å². The molecule has 12 heteroatoms. The highest BCUT2D eigenvalue weighted by Gasteiger charge is 2.30. The molecule has 3 aromatic heterocycles.